The van der Waals surface area contributed by atoms with Gasteiger partial charge in [0.15, 0.2) is 0 Å². The fourth-order valence-corrected chi connectivity index (χ4v) is 1.17. The smallest absolute Gasteiger partial charge is 0.126 e. The number of benzene rings is 1. The lowest BCUT2D eigenvalue weighted by Crippen LogP contribution is -2.18. The van der Waals surface area contributed by atoms with Gasteiger partial charge in [-0.15, -0.1) is 0 Å². The second-order valence-electron chi connectivity index (χ2n) is 3.70. The lowest BCUT2D eigenvalue weighted by atomic mass is 10.2. The molecule has 0 fully saturated rings. The molecule has 0 saturated carbocycles. The van der Waals surface area contributed by atoms with Gasteiger partial charge in [0, 0.05) is 24.1 Å². The molecule has 0 spiro atoms. The molecule has 16 heavy (non-hydrogen) atoms. The van der Waals surface area contributed by atoms with E-state index in [4.69, 9.17) is 19.9 Å². The molecule has 1 aromatic rings. The van der Waals surface area contributed by atoms with Gasteiger partial charge in [-0.1, -0.05) is 6.92 Å². The van der Waals surface area contributed by atoms with Gasteiger partial charge in [-0.3, -0.25) is 0 Å². The summed E-state index contributed by atoms with van der Waals surface area (Å²) in [6.07, 6.45) is 0. The minimum atomic E-state index is 0.331. The maximum atomic E-state index is 5.60. The van der Waals surface area contributed by atoms with Gasteiger partial charge in [-0.25, -0.2) is 0 Å². The van der Waals surface area contributed by atoms with E-state index in [0.717, 1.165) is 17.2 Å². The maximum Gasteiger partial charge on any atom is 0.126 e. The minimum Gasteiger partial charge on any atom is -0.496 e. The summed E-state index contributed by atoms with van der Waals surface area (Å²) >= 11 is 0. The van der Waals surface area contributed by atoms with Crippen LogP contribution in [0.15, 0.2) is 18.2 Å². The SMILES string of the molecule is COc1cc(OC)cc(OCC(C)CN)c1. The zero-order valence-electron chi connectivity index (χ0n) is 10.0. The third-order valence-corrected chi connectivity index (χ3v) is 2.26. The van der Waals surface area contributed by atoms with Crippen molar-refractivity contribution in [3.63, 3.8) is 0 Å². The maximum absolute atomic E-state index is 5.60. The van der Waals surface area contributed by atoms with Crippen LogP contribution >= 0.6 is 0 Å². The molecule has 1 aromatic carbocycles. The summed E-state index contributed by atoms with van der Waals surface area (Å²) in [5.74, 6) is 2.50. The molecular formula is C12H19NO3. The summed E-state index contributed by atoms with van der Waals surface area (Å²) in [6.45, 7) is 3.24. The zero-order chi connectivity index (χ0) is 12.0. The molecule has 0 saturated heterocycles. The summed E-state index contributed by atoms with van der Waals surface area (Å²) in [4.78, 5) is 0. The van der Waals surface area contributed by atoms with Gasteiger partial charge < -0.3 is 19.9 Å². The number of methoxy groups -OCH3 is 2. The van der Waals surface area contributed by atoms with Crippen LogP contribution in [0.5, 0.6) is 17.2 Å². The van der Waals surface area contributed by atoms with Crippen molar-refractivity contribution >= 4 is 0 Å². The van der Waals surface area contributed by atoms with Gasteiger partial charge >= 0.3 is 0 Å². The highest BCUT2D eigenvalue weighted by molar-refractivity contribution is 5.41. The lowest BCUT2D eigenvalue weighted by molar-refractivity contribution is 0.261. The average molecular weight is 225 g/mol. The molecule has 1 atom stereocenters. The van der Waals surface area contributed by atoms with Crippen molar-refractivity contribution in [1.29, 1.82) is 0 Å². The van der Waals surface area contributed by atoms with Crippen LogP contribution in [0.2, 0.25) is 0 Å². The van der Waals surface area contributed by atoms with Gasteiger partial charge in [-0.05, 0) is 6.54 Å². The molecule has 90 valence electrons. The van der Waals surface area contributed by atoms with Gasteiger partial charge in [0.2, 0.25) is 0 Å². The Morgan fingerprint density at radius 2 is 1.56 bits per heavy atom. The van der Waals surface area contributed by atoms with E-state index < -0.39 is 0 Å². The third kappa shape index (κ3) is 3.62. The van der Waals surface area contributed by atoms with E-state index in [-0.39, 0.29) is 0 Å². The Morgan fingerprint density at radius 3 is 2.00 bits per heavy atom. The second-order valence-corrected chi connectivity index (χ2v) is 3.70. The van der Waals surface area contributed by atoms with Crippen LogP contribution in [0.4, 0.5) is 0 Å². The van der Waals surface area contributed by atoms with E-state index in [9.17, 15) is 0 Å². The first-order valence-corrected chi connectivity index (χ1v) is 5.25. The Hall–Kier alpha value is -1.42. The standard InChI is InChI=1S/C12H19NO3/c1-9(7-13)8-16-12-5-10(14-2)4-11(6-12)15-3/h4-6,9H,7-8,13H2,1-3H3. The number of hydrogen-bond acceptors (Lipinski definition) is 4. The summed E-state index contributed by atoms with van der Waals surface area (Å²) in [6, 6.07) is 5.46. The third-order valence-electron chi connectivity index (χ3n) is 2.26. The van der Waals surface area contributed by atoms with E-state index >= 15 is 0 Å². The van der Waals surface area contributed by atoms with Crippen LogP contribution in [0, 0.1) is 5.92 Å². The van der Waals surface area contributed by atoms with Crippen molar-refractivity contribution in [2.24, 2.45) is 11.7 Å². The molecule has 4 heteroatoms. The molecule has 1 unspecified atom stereocenters. The van der Waals surface area contributed by atoms with Crippen molar-refractivity contribution in [3.05, 3.63) is 18.2 Å². The Labute approximate surface area is 96.3 Å². The van der Waals surface area contributed by atoms with Crippen LogP contribution in [0.25, 0.3) is 0 Å². The predicted octanol–water partition coefficient (Wildman–Crippen LogP) is 1.68. The van der Waals surface area contributed by atoms with E-state index in [1.807, 2.05) is 19.1 Å². The predicted molar refractivity (Wildman–Crippen MR) is 63.3 cm³/mol. The Bertz CT molecular complexity index is 306. The zero-order valence-corrected chi connectivity index (χ0v) is 10.0. The molecule has 1 rings (SSSR count). The molecule has 0 aliphatic rings. The van der Waals surface area contributed by atoms with E-state index in [0.29, 0.717) is 19.1 Å². The fraction of sp³-hybridized carbons (Fsp3) is 0.500. The van der Waals surface area contributed by atoms with Gasteiger partial charge in [-0.2, -0.15) is 0 Å². The van der Waals surface area contributed by atoms with E-state index in [1.165, 1.54) is 0 Å². The molecule has 0 aliphatic carbocycles. The number of ether oxygens (including phenoxy) is 3. The first-order valence-electron chi connectivity index (χ1n) is 5.25. The molecule has 0 aliphatic heterocycles. The molecule has 0 radical (unpaired) electrons. The molecule has 0 heterocycles. The lowest BCUT2D eigenvalue weighted by Gasteiger charge is -2.13. The second kappa shape index (κ2) is 6.23. The molecule has 0 aromatic heterocycles. The van der Waals surface area contributed by atoms with Crippen LogP contribution in [0.1, 0.15) is 6.92 Å². The Morgan fingerprint density at radius 1 is 1.06 bits per heavy atom. The Kier molecular flexibility index (Phi) is 4.92. The van der Waals surface area contributed by atoms with Crippen LogP contribution in [0.3, 0.4) is 0 Å². The summed E-state index contributed by atoms with van der Waals surface area (Å²) in [7, 11) is 3.22. The van der Waals surface area contributed by atoms with Gasteiger partial charge in [0.25, 0.3) is 0 Å². The Balaban J connectivity index is 2.71. The molecule has 4 nitrogen and oxygen atoms in total. The quantitative estimate of drug-likeness (QED) is 0.800. The normalized spacial score (nSPS) is 12.0. The largest absolute Gasteiger partial charge is 0.496 e. The molecule has 0 amide bonds. The summed E-state index contributed by atoms with van der Waals surface area (Å²) in [5.41, 5.74) is 5.52. The first-order chi connectivity index (χ1) is 7.69. The first kappa shape index (κ1) is 12.6. The number of hydrogen-bond donors (Lipinski definition) is 1. The highest BCUT2D eigenvalue weighted by Crippen LogP contribution is 2.27. The van der Waals surface area contributed by atoms with Crippen molar-refractivity contribution in [3.8, 4) is 17.2 Å². The minimum absolute atomic E-state index is 0.331. The van der Waals surface area contributed by atoms with Crippen molar-refractivity contribution in [2.45, 2.75) is 6.92 Å². The molecule has 0 bridgehead atoms. The summed E-state index contributed by atoms with van der Waals surface area (Å²) < 4.78 is 15.9. The summed E-state index contributed by atoms with van der Waals surface area (Å²) in [5, 5.41) is 0. The van der Waals surface area contributed by atoms with Gasteiger partial charge in [0.05, 0.1) is 20.8 Å². The average Bonchev–Trinajstić information content (AvgIpc) is 2.35. The van der Waals surface area contributed by atoms with Crippen molar-refractivity contribution < 1.29 is 14.2 Å². The number of nitrogens with two attached hydrogens (primary N) is 1. The van der Waals surface area contributed by atoms with E-state index in [2.05, 4.69) is 0 Å². The fourth-order valence-electron chi connectivity index (χ4n) is 1.17. The monoisotopic (exact) mass is 225 g/mol. The topological polar surface area (TPSA) is 53.7 Å². The highest BCUT2D eigenvalue weighted by atomic mass is 16.5. The van der Waals surface area contributed by atoms with Gasteiger partial charge in [0.1, 0.15) is 17.2 Å². The van der Waals surface area contributed by atoms with Crippen molar-refractivity contribution in [1.82, 2.24) is 0 Å². The highest BCUT2D eigenvalue weighted by Gasteiger charge is 2.05. The van der Waals surface area contributed by atoms with Crippen LogP contribution < -0.4 is 19.9 Å². The number of rotatable bonds is 6. The molecule has 2 N–H and O–H groups in total. The van der Waals surface area contributed by atoms with Crippen LogP contribution in [-0.2, 0) is 0 Å². The van der Waals surface area contributed by atoms with E-state index in [1.54, 1.807) is 20.3 Å². The van der Waals surface area contributed by atoms with Crippen LogP contribution in [-0.4, -0.2) is 27.4 Å². The molecular weight excluding hydrogens is 206 g/mol. The van der Waals surface area contributed by atoms with Crippen molar-refractivity contribution in [2.75, 3.05) is 27.4 Å².